The number of azo groups is 1. The molecule has 0 saturated carbocycles. The maximum Gasteiger partial charge on any atom is 0.305 e. The number of halogens is 1. The second kappa shape index (κ2) is 7.37. The van der Waals surface area contributed by atoms with Crippen LogP contribution in [0.1, 0.15) is 16.6 Å². The second-order valence-corrected chi connectivity index (χ2v) is 8.17. The van der Waals surface area contributed by atoms with Crippen molar-refractivity contribution in [3.63, 3.8) is 0 Å². The highest BCUT2D eigenvalue weighted by molar-refractivity contribution is 9.10. The van der Waals surface area contributed by atoms with E-state index in [-0.39, 0.29) is 17.3 Å². The van der Waals surface area contributed by atoms with Crippen LogP contribution >= 0.6 is 27.3 Å². The van der Waals surface area contributed by atoms with Crippen molar-refractivity contribution in [2.24, 2.45) is 10.2 Å². The lowest BCUT2D eigenvalue weighted by molar-refractivity contribution is -0.384. The van der Waals surface area contributed by atoms with E-state index < -0.39 is 10.8 Å². The molecule has 2 aromatic heterocycles. The number of nitrogens with zero attached hydrogens (tertiary/aromatic N) is 4. The molecule has 8 nitrogen and oxygen atoms in total. The molecule has 2 aromatic carbocycles. The predicted molar refractivity (Wildman–Crippen MR) is 114 cm³/mol. The van der Waals surface area contributed by atoms with Gasteiger partial charge in [0.05, 0.1) is 15.3 Å². The van der Waals surface area contributed by atoms with Crippen molar-refractivity contribution in [1.29, 1.82) is 0 Å². The van der Waals surface area contributed by atoms with E-state index in [4.69, 9.17) is 0 Å². The standard InChI is InChI=1S/C19H13BrN4O4S/c1-2-23-14-5-3-11(20)9-13(14)17(19(23)26)21-22-18(25)16-8-10-7-12(24(27)28)4-6-15(10)29-16/h3-9,26H,2H2,1H3. The monoisotopic (exact) mass is 472 g/mol. The summed E-state index contributed by atoms with van der Waals surface area (Å²) in [4.78, 5) is 23.3. The molecule has 1 N–H and O–H groups in total. The van der Waals surface area contributed by atoms with Crippen molar-refractivity contribution in [3.05, 3.63) is 61.9 Å². The van der Waals surface area contributed by atoms with Crippen LogP contribution in [-0.2, 0) is 6.54 Å². The summed E-state index contributed by atoms with van der Waals surface area (Å²) in [7, 11) is 0. The first kappa shape index (κ1) is 19.2. The Bertz CT molecular complexity index is 1320. The van der Waals surface area contributed by atoms with E-state index in [0.717, 1.165) is 14.7 Å². The van der Waals surface area contributed by atoms with E-state index in [1.807, 2.05) is 19.1 Å². The van der Waals surface area contributed by atoms with Gasteiger partial charge in [-0.15, -0.1) is 21.6 Å². The Labute approximate surface area is 176 Å². The van der Waals surface area contributed by atoms with Gasteiger partial charge in [0.1, 0.15) is 0 Å². The van der Waals surface area contributed by atoms with Crippen molar-refractivity contribution in [2.75, 3.05) is 0 Å². The average Bonchev–Trinajstić information content (AvgIpc) is 3.23. The molecule has 0 aliphatic carbocycles. The molecule has 0 aliphatic rings. The first-order valence-corrected chi connectivity index (χ1v) is 10.1. The number of hydrogen-bond donors (Lipinski definition) is 1. The molecule has 0 atom stereocenters. The zero-order valence-corrected chi connectivity index (χ0v) is 17.4. The second-order valence-electron chi connectivity index (χ2n) is 6.17. The van der Waals surface area contributed by atoms with E-state index >= 15 is 0 Å². The molecule has 0 fully saturated rings. The van der Waals surface area contributed by atoms with Crippen molar-refractivity contribution in [1.82, 2.24) is 4.57 Å². The lowest BCUT2D eigenvalue weighted by Crippen LogP contribution is -1.91. The minimum absolute atomic E-state index is 0.0428. The zero-order chi connectivity index (χ0) is 20.7. The van der Waals surface area contributed by atoms with Gasteiger partial charge in [0.2, 0.25) is 5.88 Å². The Hall–Kier alpha value is -3.11. The molecule has 146 valence electrons. The summed E-state index contributed by atoms with van der Waals surface area (Å²) in [6.07, 6.45) is 0. The average molecular weight is 473 g/mol. The van der Waals surface area contributed by atoms with Crippen LogP contribution in [0.15, 0.2) is 57.2 Å². The molecular weight excluding hydrogens is 460 g/mol. The van der Waals surface area contributed by atoms with Gasteiger partial charge in [-0.25, -0.2) is 0 Å². The smallest absolute Gasteiger partial charge is 0.305 e. The van der Waals surface area contributed by atoms with Gasteiger partial charge < -0.3 is 9.67 Å². The highest BCUT2D eigenvalue weighted by atomic mass is 79.9. The SMILES string of the molecule is CCn1c(O)c(N=NC(=O)c2cc3cc([N+](=O)[O-])ccc3s2)c2cc(Br)ccc21. The summed E-state index contributed by atoms with van der Waals surface area (Å²) in [6, 6.07) is 11.5. The molecule has 0 bridgehead atoms. The Morgan fingerprint density at radius 2 is 2.07 bits per heavy atom. The number of hydrogen-bond acceptors (Lipinski definition) is 6. The van der Waals surface area contributed by atoms with Crippen molar-refractivity contribution < 1.29 is 14.8 Å². The number of non-ortho nitro benzene ring substituents is 1. The molecule has 0 saturated heterocycles. The fraction of sp³-hybridized carbons (Fsp3) is 0.105. The largest absolute Gasteiger partial charge is 0.493 e. The lowest BCUT2D eigenvalue weighted by atomic mass is 10.2. The molecule has 10 heteroatoms. The molecule has 0 spiro atoms. The van der Waals surface area contributed by atoms with Crippen LogP contribution in [0, 0.1) is 10.1 Å². The van der Waals surface area contributed by atoms with Crippen LogP contribution in [0.2, 0.25) is 0 Å². The molecule has 0 radical (unpaired) electrons. The molecule has 0 unspecified atom stereocenters. The van der Waals surface area contributed by atoms with Crippen molar-refractivity contribution in [2.45, 2.75) is 13.5 Å². The fourth-order valence-electron chi connectivity index (χ4n) is 3.11. The summed E-state index contributed by atoms with van der Waals surface area (Å²) >= 11 is 4.58. The van der Waals surface area contributed by atoms with E-state index in [9.17, 15) is 20.0 Å². The molecule has 0 aliphatic heterocycles. The Balaban J connectivity index is 1.72. The molecule has 4 aromatic rings. The molecule has 1 amide bonds. The highest BCUT2D eigenvalue weighted by Gasteiger charge is 2.17. The Morgan fingerprint density at radius 3 is 2.79 bits per heavy atom. The number of aromatic nitrogens is 1. The number of fused-ring (bicyclic) bond motifs is 2. The summed E-state index contributed by atoms with van der Waals surface area (Å²) in [5, 5.41) is 30.5. The van der Waals surface area contributed by atoms with Gasteiger partial charge in [0.25, 0.3) is 5.69 Å². The van der Waals surface area contributed by atoms with Gasteiger partial charge in [-0.3, -0.25) is 14.9 Å². The number of rotatable bonds is 4. The minimum Gasteiger partial charge on any atom is -0.493 e. The number of amides is 1. The fourth-order valence-corrected chi connectivity index (χ4v) is 4.39. The number of carbonyl (C=O) groups excluding carboxylic acids is 1. The van der Waals surface area contributed by atoms with E-state index in [1.165, 1.54) is 23.5 Å². The zero-order valence-electron chi connectivity index (χ0n) is 15.0. The normalized spacial score (nSPS) is 11.7. The molecular formula is C19H13BrN4O4S. The number of thiophene rings is 1. The minimum atomic E-state index is -0.583. The number of benzene rings is 2. The molecule has 4 rings (SSSR count). The van der Waals surface area contributed by atoms with Crippen LogP contribution < -0.4 is 0 Å². The number of carbonyl (C=O) groups is 1. The van der Waals surface area contributed by atoms with Gasteiger partial charge in [-0.2, -0.15) is 0 Å². The Kier molecular flexibility index (Phi) is 4.89. The lowest BCUT2D eigenvalue weighted by Gasteiger charge is -2.01. The summed E-state index contributed by atoms with van der Waals surface area (Å²) in [6.45, 7) is 2.42. The summed E-state index contributed by atoms with van der Waals surface area (Å²) in [5.74, 6) is -0.648. The van der Waals surface area contributed by atoms with Crippen LogP contribution in [0.25, 0.3) is 21.0 Å². The first-order chi connectivity index (χ1) is 13.9. The van der Waals surface area contributed by atoms with Crippen LogP contribution in [0.5, 0.6) is 5.88 Å². The van der Waals surface area contributed by atoms with Gasteiger partial charge in [0.15, 0.2) is 5.69 Å². The van der Waals surface area contributed by atoms with E-state index in [0.29, 0.717) is 22.2 Å². The van der Waals surface area contributed by atoms with Gasteiger partial charge in [-0.05, 0) is 37.3 Å². The molecule has 2 heterocycles. The first-order valence-electron chi connectivity index (χ1n) is 8.53. The molecule has 29 heavy (non-hydrogen) atoms. The number of nitro groups is 1. The van der Waals surface area contributed by atoms with Crippen LogP contribution in [0.3, 0.4) is 0 Å². The third-order valence-corrected chi connectivity index (χ3v) is 6.05. The third kappa shape index (κ3) is 3.40. The van der Waals surface area contributed by atoms with Crippen LogP contribution in [0.4, 0.5) is 11.4 Å². The Morgan fingerprint density at radius 1 is 1.28 bits per heavy atom. The maximum absolute atomic E-state index is 12.5. The quantitative estimate of drug-likeness (QED) is 0.217. The predicted octanol–water partition coefficient (Wildman–Crippen LogP) is 6.18. The van der Waals surface area contributed by atoms with E-state index in [1.54, 1.807) is 22.8 Å². The summed E-state index contributed by atoms with van der Waals surface area (Å²) in [5.41, 5.74) is 0.954. The topological polar surface area (TPSA) is 110 Å². The summed E-state index contributed by atoms with van der Waals surface area (Å²) < 4.78 is 3.23. The number of aryl methyl sites for hydroxylation is 1. The number of aromatic hydroxyl groups is 1. The maximum atomic E-state index is 12.5. The van der Waals surface area contributed by atoms with Crippen LogP contribution in [-0.4, -0.2) is 20.5 Å². The van der Waals surface area contributed by atoms with Gasteiger partial charge in [-0.1, -0.05) is 15.9 Å². The van der Waals surface area contributed by atoms with Crippen molar-refractivity contribution in [3.8, 4) is 5.88 Å². The van der Waals surface area contributed by atoms with E-state index in [2.05, 4.69) is 26.2 Å². The number of nitro benzene ring substituents is 1. The van der Waals surface area contributed by atoms with Crippen molar-refractivity contribution >= 4 is 65.5 Å². The van der Waals surface area contributed by atoms with Gasteiger partial charge >= 0.3 is 5.91 Å². The highest BCUT2D eigenvalue weighted by Crippen LogP contribution is 2.40. The third-order valence-electron chi connectivity index (χ3n) is 4.45. The van der Waals surface area contributed by atoms with Gasteiger partial charge in [0, 0.05) is 38.6 Å².